The molecule has 2 atom stereocenters. The summed E-state index contributed by atoms with van der Waals surface area (Å²) >= 11 is 3.70. The predicted molar refractivity (Wildman–Crippen MR) is 137 cm³/mol. The lowest BCUT2D eigenvalue weighted by Crippen LogP contribution is -2.27. The van der Waals surface area contributed by atoms with Crippen molar-refractivity contribution in [3.05, 3.63) is 99.7 Å². The molecular formula is C28H27BrN2O2. The minimum absolute atomic E-state index is 0.127. The van der Waals surface area contributed by atoms with Crippen LogP contribution >= 0.6 is 15.9 Å². The minimum Gasteiger partial charge on any atom is -0.491 e. The van der Waals surface area contributed by atoms with Crippen LogP contribution in [-0.2, 0) is 4.79 Å². The van der Waals surface area contributed by atoms with E-state index in [-0.39, 0.29) is 23.8 Å². The maximum Gasteiger partial charge on any atom is 0.163 e. The number of allylic oxidation sites excluding steroid dienone is 1. The largest absolute Gasteiger partial charge is 0.491 e. The van der Waals surface area contributed by atoms with Crippen molar-refractivity contribution in [1.82, 2.24) is 0 Å². The molecule has 3 aromatic rings. The Labute approximate surface area is 203 Å². The highest BCUT2D eigenvalue weighted by Crippen LogP contribution is 2.45. The highest BCUT2D eigenvalue weighted by molar-refractivity contribution is 9.10. The first-order valence-corrected chi connectivity index (χ1v) is 12.2. The van der Waals surface area contributed by atoms with Crippen molar-refractivity contribution in [1.29, 1.82) is 0 Å². The van der Waals surface area contributed by atoms with Gasteiger partial charge in [-0.05, 0) is 67.6 Å². The molecule has 2 unspecified atom stereocenters. The molecular weight excluding hydrogens is 476 g/mol. The summed E-state index contributed by atoms with van der Waals surface area (Å²) in [7, 11) is 0. The number of carbonyl (C=O) groups is 1. The number of carbonyl (C=O) groups excluding carboxylic acids is 1. The smallest absolute Gasteiger partial charge is 0.163 e. The number of nitrogens with one attached hydrogen (secondary N) is 2. The highest BCUT2D eigenvalue weighted by Gasteiger charge is 2.36. The zero-order chi connectivity index (χ0) is 22.9. The van der Waals surface area contributed by atoms with Crippen molar-refractivity contribution in [2.24, 2.45) is 0 Å². The van der Waals surface area contributed by atoms with Crippen molar-refractivity contribution in [3.63, 3.8) is 0 Å². The van der Waals surface area contributed by atoms with Crippen LogP contribution in [0, 0.1) is 0 Å². The number of ether oxygens (including phenoxy) is 1. The first kappa shape index (κ1) is 21.8. The van der Waals surface area contributed by atoms with E-state index in [1.807, 2.05) is 56.3 Å². The summed E-state index contributed by atoms with van der Waals surface area (Å²) < 4.78 is 6.78. The molecule has 33 heavy (non-hydrogen) atoms. The normalized spacial score (nSPS) is 19.8. The van der Waals surface area contributed by atoms with Gasteiger partial charge in [0.1, 0.15) is 5.75 Å². The van der Waals surface area contributed by atoms with Gasteiger partial charge < -0.3 is 15.4 Å². The van der Waals surface area contributed by atoms with Gasteiger partial charge in [-0.3, -0.25) is 4.79 Å². The van der Waals surface area contributed by atoms with Crippen LogP contribution in [0.25, 0.3) is 0 Å². The number of hydrogen-bond acceptors (Lipinski definition) is 4. The van der Waals surface area contributed by atoms with Crippen molar-refractivity contribution in [3.8, 4) is 5.75 Å². The summed E-state index contributed by atoms with van der Waals surface area (Å²) in [5.74, 6) is 1.16. The summed E-state index contributed by atoms with van der Waals surface area (Å²) in [5.41, 5.74) is 6.04. The van der Waals surface area contributed by atoms with Crippen molar-refractivity contribution in [2.75, 3.05) is 10.6 Å². The lowest BCUT2D eigenvalue weighted by molar-refractivity contribution is -0.116. The van der Waals surface area contributed by atoms with Crippen LogP contribution in [-0.4, -0.2) is 11.9 Å². The predicted octanol–water partition coefficient (Wildman–Crippen LogP) is 7.22. The Bertz CT molecular complexity index is 1220. The van der Waals surface area contributed by atoms with Gasteiger partial charge in [-0.15, -0.1) is 0 Å². The highest BCUT2D eigenvalue weighted by atomic mass is 79.9. The van der Waals surface area contributed by atoms with Gasteiger partial charge in [0, 0.05) is 22.2 Å². The monoisotopic (exact) mass is 502 g/mol. The molecule has 1 aliphatic heterocycles. The molecule has 5 heteroatoms. The van der Waals surface area contributed by atoms with Crippen LogP contribution in [0.4, 0.5) is 11.4 Å². The van der Waals surface area contributed by atoms with E-state index in [1.165, 1.54) is 0 Å². The maximum absolute atomic E-state index is 13.6. The second kappa shape index (κ2) is 9.06. The molecule has 0 aromatic heterocycles. The van der Waals surface area contributed by atoms with E-state index < -0.39 is 0 Å². The number of fused-ring (bicyclic) bond motifs is 1. The topological polar surface area (TPSA) is 50.4 Å². The van der Waals surface area contributed by atoms with E-state index in [9.17, 15) is 4.79 Å². The van der Waals surface area contributed by atoms with E-state index in [4.69, 9.17) is 4.74 Å². The first-order valence-electron chi connectivity index (χ1n) is 11.4. The number of halogens is 1. The SMILES string of the molecule is CC(C)Oc1ccc(C2CC(=O)C3=C(C2)Nc2ccccc2NC3c2ccccc2Br)cc1. The molecule has 0 saturated heterocycles. The second-order valence-electron chi connectivity index (χ2n) is 8.93. The third kappa shape index (κ3) is 4.42. The Kier molecular flexibility index (Phi) is 5.98. The third-order valence-electron chi connectivity index (χ3n) is 6.25. The van der Waals surface area contributed by atoms with Gasteiger partial charge in [0.2, 0.25) is 0 Å². The average Bonchev–Trinajstić information content (AvgIpc) is 2.96. The summed E-state index contributed by atoms with van der Waals surface area (Å²) in [6, 6.07) is 24.2. The fourth-order valence-corrected chi connectivity index (χ4v) is 5.27. The molecule has 1 heterocycles. The van der Waals surface area contributed by atoms with Crippen molar-refractivity contribution >= 4 is 33.1 Å². The van der Waals surface area contributed by atoms with Gasteiger partial charge in [-0.25, -0.2) is 0 Å². The molecule has 5 rings (SSSR count). The maximum atomic E-state index is 13.6. The summed E-state index contributed by atoms with van der Waals surface area (Å²) in [6.45, 7) is 4.04. The quantitative estimate of drug-likeness (QED) is 0.395. The summed E-state index contributed by atoms with van der Waals surface area (Å²) in [5, 5.41) is 7.24. The third-order valence-corrected chi connectivity index (χ3v) is 6.97. The number of para-hydroxylation sites is 2. The summed E-state index contributed by atoms with van der Waals surface area (Å²) in [4.78, 5) is 13.6. The van der Waals surface area contributed by atoms with Gasteiger partial charge in [0.25, 0.3) is 0 Å². The van der Waals surface area contributed by atoms with Crippen LogP contribution in [0.5, 0.6) is 5.75 Å². The molecule has 2 N–H and O–H groups in total. The van der Waals surface area contributed by atoms with Crippen LogP contribution in [0.1, 0.15) is 49.8 Å². The molecule has 0 amide bonds. The Morgan fingerprint density at radius 3 is 2.33 bits per heavy atom. The number of hydrogen-bond donors (Lipinski definition) is 2. The second-order valence-corrected chi connectivity index (χ2v) is 9.78. The fourth-order valence-electron chi connectivity index (χ4n) is 4.76. The van der Waals surface area contributed by atoms with Crippen LogP contribution in [0.3, 0.4) is 0 Å². The molecule has 0 bridgehead atoms. The fraction of sp³-hybridized carbons (Fsp3) is 0.250. The Hall–Kier alpha value is -3.05. The molecule has 1 aliphatic carbocycles. The Balaban J connectivity index is 1.53. The van der Waals surface area contributed by atoms with Crippen LogP contribution < -0.4 is 15.4 Å². The average molecular weight is 503 g/mol. The minimum atomic E-state index is -0.220. The molecule has 0 fully saturated rings. The van der Waals surface area contributed by atoms with Gasteiger partial charge >= 0.3 is 0 Å². The Morgan fingerprint density at radius 2 is 1.61 bits per heavy atom. The molecule has 2 aliphatic rings. The van der Waals surface area contributed by atoms with Crippen LogP contribution in [0.15, 0.2) is 88.5 Å². The summed E-state index contributed by atoms with van der Waals surface area (Å²) in [6.07, 6.45) is 1.41. The molecule has 0 spiro atoms. The number of ketones is 1. The molecule has 0 saturated carbocycles. The van der Waals surface area contributed by atoms with E-state index in [1.54, 1.807) is 0 Å². The number of benzene rings is 3. The van der Waals surface area contributed by atoms with E-state index in [0.717, 1.165) is 50.4 Å². The molecule has 4 nitrogen and oxygen atoms in total. The van der Waals surface area contributed by atoms with Crippen molar-refractivity contribution in [2.45, 2.75) is 44.8 Å². The van der Waals surface area contributed by atoms with Gasteiger partial charge in [-0.2, -0.15) is 0 Å². The lowest BCUT2D eigenvalue weighted by atomic mass is 9.78. The standard InChI is InChI=1S/C28H27BrN2O2/c1-17(2)33-20-13-11-18(12-14-20)19-15-25-27(26(32)16-19)28(21-7-3-4-8-22(21)29)31-24-10-6-5-9-23(24)30-25/h3-14,17,19,28,30-31H,15-16H2,1-2H3. The number of anilines is 2. The van der Waals surface area contributed by atoms with E-state index in [2.05, 4.69) is 56.9 Å². The van der Waals surface area contributed by atoms with E-state index >= 15 is 0 Å². The zero-order valence-corrected chi connectivity index (χ0v) is 20.4. The number of Topliss-reactive ketones (excluding diaryl/α,β-unsaturated/α-hetero) is 1. The molecule has 0 radical (unpaired) electrons. The molecule has 168 valence electrons. The van der Waals surface area contributed by atoms with E-state index in [0.29, 0.717) is 6.42 Å². The van der Waals surface area contributed by atoms with Gasteiger partial charge in [-0.1, -0.05) is 58.4 Å². The first-order chi connectivity index (χ1) is 16.0. The number of rotatable bonds is 4. The Morgan fingerprint density at radius 1 is 0.909 bits per heavy atom. The van der Waals surface area contributed by atoms with Crippen molar-refractivity contribution < 1.29 is 9.53 Å². The molecule has 3 aromatic carbocycles. The van der Waals surface area contributed by atoms with Gasteiger partial charge in [0.15, 0.2) is 5.78 Å². The lowest BCUT2D eigenvalue weighted by Gasteiger charge is -2.30. The van der Waals surface area contributed by atoms with Gasteiger partial charge in [0.05, 0.1) is 23.5 Å². The zero-order valence-electron chi connectivity index (χ0n) is 18.8. The van der Waals surface area contributed by atoms with Crippen LogP contribution in [0.2, 0.25) is 0 Å².